The molecule has 9 heteroatoms. The van der Waals surface area contributed by atoms with Crippen LogP contribution in [-0.2, 0) is 14.4 Å². The Morgan fingerprint density at radius 3 is 2.48 bits per heavy atom. The maximum Gasteiger partial charge on any atom is 0.343 e. The normalized spacial score (nSPS) is 22.6. The lowest BCUT2D eigenvalue weighted by Gasteiger charge is -2.31. The van der Waals surface area contributed by atoms with Crippen molar-refractivity contribution in [3.8, 4) is 5.75 Å². The minimum Gasteiger partial charge on any atom is -0.507 e. The molecule has 0 spiro atoms. The third-order valence-electron chi connectivity index (χ3n) is 5.80. The van der Waals surface area contributed by atoms with Gasteiger partial charge in [0.25, 0.3) is 0 Å². The molecular formula is C24H27NO8. The molecule has 0 bridgehead atoms. The van der Waals surface area contributed by atoms with Gasteiger partial charge in [-0.1, -0.05) is 47.7 Å². The molecule has 9 nitrogen and oxygen atoms in total. The van der Waals surface area contributed by atoms with Crippen molar-refractivity contribution in [3.05, 3.63) is 76.1 Å². The van der Waals surface area contributed by atoms with Gasteiger partial charge in [-0.25, -0.2) is 9.63 Å². The summed E-state index contributed by atoms with van der Waals surface area (Å²) in [6.07, 6.45) is -3.09. The van der Waals surface area contributed by atoms with Crippen molar-refractivity contribution in [3.63, 3.8) is 0 Å². The molecule has 176 valence electrons. The molecule has 33 heavy (non-hydrogen) atoms. The molecule has 4 rings (SSSR count). The van der Waals surface area contributed by atoms with E-state index in [4.69, 9.17) is 18.8 Å². The summed E-state index contributed by atoms with van der Waals surface area (Å²) in [5.41, 5.74) is 0.604. The molecule has 5 atom stereocenters. The van der Waals surface area contributed by atoms with Crippen molar-refractivity contribution in [2.24, 2.45) is 0 Å². The smallest absolute Gasteiger partial charge is 0.343 e. The van der Waals surface area contributed by atoms with Crippen LogP contribution in [0.25, 0.3) is 11.0 Å². The zero-order valence-electron chi connectivity index (χ0n) is 18.3. The van der Waals surface area contributed by atoms with Crippen molar-refractivity contribution in [2.45, 2.75) is 43.8 Å². The van der Waals surface area contributed by atoms with E-state index < -0.39 is 36.1 Å². The summed E-state index contributed by atoms with van der Waals surface area (Å²) in [7, 11) is 1.40. The highest BCUT2D eigenvalue weighted by atomic mass is 17.0. The fraction of sp³-hybridized carbons (Fsp3) is 0.375. The number of benzene rings is 2. The van der Waals surface area contributed by atoms with Gasteiger partial charge in [0.15, 0.2) is 0 Å². The number of hydrogen-bond donors (Lipinski definition) is 3. The van der Waals surface area contributed by atoms with Crippen LogP contribution in [-0.4, -0.2) is 58.8 Å². The molecule has 1 aliphatic rings. The van der Waals surface area contributed by atoms with E-state index in [0.29, 0.717) is 17.4 Å². The number of fused-ring (bicyclic) bond motifs is 1. The molecule has 0 radical (unpaired) electrons. The van der Waals surface area contributed by atoms with Gasteiger partial charge < -0.3 is 24.5 Å². The first kappa shape index (κ1) is 23.4. The molecule has 2 aromatic carbocycles. The van der Waals surface area contributed by atoms with Gasteiger partial charge in [-0.2, -0.15) is 0 Å². The maximum atomic E-state index is 13.0. The Morgan fingerprint density at radius 1 is 1.12 bits per heavy atom. The summed E-state index contributed by atoms with van der Waals surface area (Å²) in [4.78, 5) is 23.9. The first-order valence-corrected chi connectivity index (χ1v) is 10.7. The second-order valence-corrected chi connectivity index (χ2v) is 8.03. The second-order valence-electron chi connectivity index (χ2n) is 8.03. The van der Waals surface area contributed by atoms with E-state index in [-0.39, 0.29) is 17.9 Å². The molecule has 0 saturated carbocycles. The fourth-order valence-corrected chi connectivity index (χ4v) is 4.08. The number of aromatic hydroxyl groups is 1. The van der Waals surface area contributed by atoms with Gasteiger partial charge in [-0.3, -0.25) is 4.84 Å². The largest absolute Gasteiger partial charge is 0.507 e. The molecule has 2 heterocycles. The average Bonchev–Trinajstić information content (AvgIpc) is 3.14. The van der Waals surface area contributed by atoms with Crippen LogP contribution in [0.5, 0.6) is 5.75 Å². The Bertz CT molecular complexity index is 1130. The van der Waals surface area contributed by atoms with Crippen LogP contribution in [0.4, 0.5) is 0 Å². The summed E-state index contributed by atoms with van der Waals surface area (Å²) in [5.74, 6) is -0.686. The van der Waals surface area contributed by atoms with Crippen LogP contribution in [0.2, 0.25) is 0 Å². The topological polar surface area (TPSA) is 122 Å². The highest BCUT2D eigenvalue weighted by molar-refractivity contribution is 5.84. The first-order valence-electron chi connectivity index (χ1n) is 10.7. The summed E-state index contributed by atoms with van der Waals surface area (Å²) in [5, 5.41) is 32.4. The molecule has 0 amide bonds. The van der Waals surface area contributed by atoms with Crippen molar-refractivity contribution < 1.29 is 34.1 Å². The van der Waals surface area contributed by atoms with Crippen LogP contribution < -0.4 is 5.63 Å². The fourth-order valence-electron chi connectivity index (χ4n) is 4.08. The number of aliphatic hydroxyl groups excluding tert-OH is 2. The summed E-state index contributed by atoms with van der Waals surface area (Å²) >= 11 is 0. The van der Waals surface area contributed by atoms with E-state index in [0.717, 1.165) is 10.8 Å². The summed E-state index contributed by atoms with van der Waals surface area (Å²) in [6.45, 7) is 1.74. The summed E-state index contributed by atoms with van der Waals surface area (Å²) in [6, 6.07) is 15.6. The highest BCUT2D eigenvalue weighted by Gasteiger charge is 2.38. The van der Waals surface area contributed by atoms with Gasteiger partial charge in [0.05, 0.1) is 30.7 Å². The number of hydroxylamine groups is 2. The van der Waals surface area contributed by atoms with E-state index in [1.807, 2.05) is 30.3 Å². The molecule has 1 fully saturated rings. The maximum absolute atomic E-state index is 13.0. The monoisotopic (exact) mass is 457 g/mol. The Kier molecular flexibility index (Phi) is 7.08. The van der Waals surface area contributed by atoms with Crippen molar-refractivity contribution in [2.75, 3.05) is 13.7 Å². The van der Waals surface area contributed by atoms with Crippen LogP contribution in [0.15, 0.2) is 63.8 Å². The highest BCUT2D eigenvalue weighted by Crippen LogP contribution is 2.37. The minimum absolute atomic E-state index is 0.0591. The lowest BCUT2D eigenvalue weighted by molar-refractivity contribution is -0.426. The minimum atomic E-state index is -1.23. The Labute approximate surface area is 190 Å². The van der Waals surface area contributed by atoms with E-state index in [1.54, 1.807) is 31.2 Å². The number of para-hydroxylation sites is 1. The molecule has 1 aliphatic heterocycles. The van der Waals surface area contributed by atoms with Crippen molar-refractivity contribution in [1.82, 2.24) is 5.23 Å². The number of hydrogen-bond acceptors (Lipinski definition) is 9. The van der Waals surface area contributed by atoms with E-state index in [1.165, 1.54) is 7.11 Å². The van der Waals surface area contributed by atoms with Gasteiger partial charge >= 0.3 is 5.63 Å². The zero-order chi connectivity index (χ0) is 23.5. The third-order valence-corrected chi connectivity index (χ3v) is 5.80. The Morgan fingerprint density at radius 2 is 1.82 bits per heavy atom. The van der Waals surface area contributed by atoms with Crippen LogP contribution in [0, 0.1) is 0 Å². The van der Waals surface area contributed by atoms with E-state index >= 15 is 0 Å². The standard InChI is InChI=1S/C24H27NO8/c1-14(25(30-2)33-24-22(28)18(26)13-31-24)12-17(15-8-4-3-5-9-15)20-21(27)16-10-6-7-11-19(16)32-23(20)29/h3-11,14,17-18,22,24,26-28H,12-13H2,1-2H3/t14?,17?,18-,22-,24?/m0/s1. The molecule has 3 unspecified atom stereocenters. The number of aliphatic hydroxyl groups is 2. The average molecular weight is 457 g/mol. The molecule has 3 aromatic rings. The zero-order valence-corrected chi connectivity index (χ0v) is 18.3. The van der Waals surface area contributed by atoms with Crippen molar-refractivity contribution >= 4 is 11.0 Å². The van der Waals surface area contributed by atoms with Gasteiger partial charge in [-0.15, -0.1) is 0 Å². The molecule has 0 aliphatic carbocycles. The summed E-state index contributed by atoms with van der Waals surface area (Å²) < 4.78 is 10.8. The quantitative estimate of drug-likeness (QED) is 0.345. The van der Waals surface area contributed by atoms with Crippen LogP contribution in [0.3, 0.4) is 0 Å². The Balaban J connectivity index is 1.68. The van der Waals surface area contributed by atoms with E-state index in [2.05, 4.69) is 0 Å². The number of rotatable bonds is 8. The lowest BCUT2D eigenvalue weighted by Crippen LogP contribution is -2.42. The Hall–Kier alpha value is -2.79. The van der Waals surface area contributed by atoms with E-state index in [9.17, 15) is 20.1 Å². The van der Waals surface area contributed by atoms with Gasteiger partial charge in [0.1, 0.15) is 23.5 Å². The van der Waals surface area contributed by atoms with Crippen LogP contribution in [0.1, 0.15) is 30.4 Å². The van der Waals surface area contributed by atoms with Gasteiger partial charge in [0, 0.05) is 5.92 Å². The predicted molar refractivity (Wildman–Crippen MR) is 118 cm³/mol. The number of nitrogens with zero attached hydrogens (tertiary/aromatic N) is 1. The molecule has 3 N–H and O–H groups in total. The van der Waals surface area contributed by atoms with Crippen LogP contribution >= 0.6 is 0 Å². The molecule has 1 aromatic heterocycles. The second kappa shape index (κ2) is 10.0. The van der Waals surface area contributed by atoms with Crippen molar-refractivity contribution in [1.29, 1.82) is 0 Å². The SMILES string of the molecule is CON(OC1OC[C@H](O)[C@@H]1O)C(C)CC(c1ccccc1)c1c(O)c2ccccc2oc1=O. The lowest BCUT2D eigenvalue weighted by atomic mass is 9.86. The van der Waals surface area contributed by atoms with Gasteiger partial charge in [0.2, 0.25) is 6.29 Å². The molecular weight excluding hydrogens is 430 g/mol. The number of ether oxygens (including phenoxy) is 1. The predicted octanol–water partition coefficient (Wildman–Crippen LogP) is 2.28. The third kappa shape index (κ3) is 4.79. The first-order chi connectivity index (χ1) is 15.9. The molecule has 1 saturated heterocycles. The van der Waals surface area contributed by atoms with Gasteiger partial charge in [-0.05, 0) is 31.0 Å².